The molecule has 28 heavy (non-hydrogen) atoms. The van der Waals surface area contributed by atoms with Gasteiger partial charge < -0.3 is 5.32 Å². The van der Waals surface area contributed by atoms with Gasteiger partial charge >= 0.3 is 0 Å². The second-order valence-corrected chi connectivity index (χ2v) is 8.99. The second-order valence-electron chi connectivity index (χ2n) is 7.02. The highest BCUT2D eigenvalue weighted by molar-refractivity contribution is 7.99. The molecular formula is C21H25N3O2S2. The number of nitrogens with zero attached hydrogens (tertiary/aromatic N) is 2. The first-order chi connectivity index (χ1) is 13.5. The fourth-order valence-corrected chi connectivity index (χ4v) is 4.37. The Morgan fingerprint density at radius 2 is 2.07 bits per heavy atom. The summed E-state index contributed by atoms with van der Waals surface area (Å²) in [5, 5.41) is 6.21. The standard InChI is InChI=1S/C21H25N3O2S2/c1-15(2)10-12-24-20(26)17-7-3-4-8-18(17)23-21(24)28-14-19(25)22-11-9-16-6-5-13-27-16/h3-8,13,15H,9-12,14H2,1-2H3,(H,22,25). The maximum atomic E-state index is 12.9. The highest BCUT2D eigenvalue weighted by Gasteiger charge is 2.13. The number of hydrogen-bond acceptors (Lipinski definition) is 5. The molecule has 3 rings (SSSR count). The van der Waals surface area contributed by atoms with Gasteiger partial charge in [-0.2, -0.15) is 0 Å². The Balaban J connectivity index is 1.68. The van der Waals surface area contributed by atoms with Crippen LogP contribution in [0.2, 0.25) is 0 Å². The van der Waals surface area contributed by atoms with Crippen LogP contribution in [0.25, 0.3) is 10.9 Å². The van der Waals surface area contributed by atoms with Gasteiger partial charge in [-0.25, -0.2) is 4.98 Å². The van der Waals surface area contributed by atoms with Gasteiger partial charge in [-0.3, -0.25) is 14.2 Å². The van der Waals surface area contributed by atoms with Crippen LogP contribution < -0.4 is 10.9 Å². The fraction of sp³-hybridized carbons (Fsp3) is 0.381. The third-order valence-electron chi connectivity index (χ3n) is 4.36. The molecule has 1 N–H and O–H groups in total. The van der Waals surface area contributed by atoms with Crippen molar-refractivity contribution in [2.24, 2.45) is 5.92 Å². The first-order valence-corrected chi connectivity index (χ1v) is 11.3. The maximum Gasteiger partial charge on any atom is 0.262 e. The van der Waals surface area contributed by atoms with Crippen LogP contribution in [0.1, 0.15) is 25.1 Å². The van der Waals surface area contributed by atoms with Crippen LogP contribution in [-0.2, 0) is 17.8 Å². The molecule has 5 nitrogen and oxygen atoms in total. The number of thiophene rings is 1. The van der Waals surface area contributed by atoms with Crippen molar-refractivity contribution < 1.29 is 4.79 Å². The SMILES string of the molecule is CC(C)CCn1c(SCC(=O)NCCc2cccs2)nc2ccccc2c1=O. The van der Waals surface area contributed by atoms with Crippen molar-refractivity contribution in [1.82, 2.24) is 14.9 Å². The minimum Gasteiger partial charge on any atom is -0.355 e. The summed E-state index contributed by atoms with van der Waals surface area (Å²) < 4.78 is 1.71. The molecule has 0 saturated carbocycles. The van der Waals surface area contributed by atoms with E-state index < -0.39 is 0 Å². The van der Waals surface area contributed by atoms with Crippen molar-refractivity contribution in [3.05, 3.63) is 57.0 Å². The number of carbonyl (C=O) groups is 1. The molecule has 3 aromatic rings. The normalized spacial score (nSPS) is 11.2. The van der Waals surface area contributed by atoms with Gasteiger partial charge in [0.2, 0.25) is 5.91 Å². The Bertz CT molecular complexity index is 981. The zero-order valence-corrected chi connectivity index (χ0v) is 17.8. The van der Waals surface area contributed by atoms with Crippen LogP contribution in [0, 0.1) is 5.92 Å². The number of hydrogen-bond donors (Lipinski definition) is 1. The molecule has 0 spiro atoms. The van der Waals surface area contributed by atoms with Crippen LogP contribution >= 0.6 is 23.1 Å². The predicted octanol–water partition coefficient (Wildman–Crippen LogP) is 3.96. The molecule has 1 amide bonds. The summed E-state index contributed by atoms with van der Waals surface area (Å²) in [5.41, 5.74) is 0.640. The summed E-state index contributed by atoms with van der Waals surface area (Å²) >= 11 is 3.02. The Labute approximate surface area is 173 Å². The van der Waals surface area contributed by atoms with Crippen molar-refractivity contribution in [2.75, 3.05) is 12.3 Å². The van der Waals surface area contributed by atoms with Crippen molar-refractivity contribution in [3.63, 3.8) is 0 Å². The Morgan fingerprint density at radius 1 is 1.25 bits per heavy atom. The van der Waals surface area contributed by atoms with E-state index in [1.807, 2.05) is 35.7 Å². The zero-order valence-electron chi connectivity index (χ0n) is 16.2. The molecule has 0 aliphatic rings. The molecule has 0 aliphatic heterocycles. The van der Waals surface area contributed by atoms with E-state index in [9.17, 15) is 9.59 Å². The molecule has 0 fully saturated rings. The maximum absolute atomic E-state index is 12.9. The van der Waals surface area contributed by atoms with Gasteiger partial charge in [0.1, 0.15) is 0 Å². The monoisotopic (exact) mass is 415 g/mol. The van der Waals surface area contributed by atoms with E-state index in [1.54, 1.807) is 15.9 Å². The van der Waals surface area contributed by atoms with Crippen molar-refractivity contribution in [1.29, 1.82) is 0 Å². The molecule has 2 aromatic heterocycles. The van der Waals surface area contributed by atoms with E-state index in [2.05, 4.69) is 30.2 Å². The average Bonchev–Trinajstić information content (AvgIpc) is 3.19. The smallest absolute Gasteiger partial charge is 0.262 e. The molecule has 0 atom stereocenters. The molecule has 0 radical (unpaired) electrons. The lowest BCUT2D eigenvalue weighted by atomic mass is 10.1. The lowest BCUT2D eigenvalue weighted by molar-refractivity contribution is -0.118. The molecule has 148 valence electrons. The minimum atomic E-state index is -0.0422. The molecule has 1 aromatic carbocycles. The Morgan fingerprint density at radius 3 is 2.82 bits per heavy atom. The number of para-hydroxylation sites is 1. The number of nitrogens with one attached hydrogen (secondary N) is 1. The fourth-order valence-electron chi connectivity index (χ4n) is 2.80. The van der Waals surface area contributed by atoms with E-state index in [0.717, 1.165) is 12.8 Å². The number of fused-ring (bicyclic) bond motifs is 1. The van der Waals surface area contributed by atoms with Crippen LogP contribution in [0.4, 0.5) is 0 Å². The molecule has 0 bridgehead atoms. The van der Waals surface area contributed by atoms with Gasteiger partial charge in [0.05, 0.1) is 16.7 Å². The first-order valence-electron chi connectivity index (χ1n) is 9.46. The summed E-state index contributed by atoms with van der Waals surface area (Å²) in [6, 6.07) is 11.5. The second kappa shape index (κ2) is 9.89. The topological polar surface area (TPSA) is 64.0 Å². The predicted molar refractivity (Wildman–Crippen MR) is 117 cm³/mol. The number of amides is 1. The molecule has 7 heteroatoms. The van der Waals surface area contributed by atoms with Crippen LogP contribution in [-0.4, -0.2) is 27.8 Å². The molecule has 0 aliphatic carbocycles. The van der Waals surface area contributed by atoms with Gasteiger partial charge in [-0.05, 0) is 42.3 Å². The number of thioether (sulfide) groups is 1. The van der Waals surface area contributed by atoms with Crippen LogP contribution in [0.5, 0.6) is 0 Å². The first kappa shape index (κ1) is 20.6. The third kappa shape index (κ3) is 5.45. The Hall–Kier alpha value is -2.12. The van der Waals surface area contributed by atoms with Gasteiger partial charge in [0, 0.05) is 18.0 Å². The van der Waals surface area contributed by atoms with Gasteiger partial charge in [-0.1, -0.05) is 43.8 Å². The van der Waals surface area contributed by atoms with Crippen LogP contribution in [0.3, 0.4) is 0 Å². The highest BCUT2D eigenvalue weighted by atomic mass is 32.2. The summed E-state index contributed by atoms with van der Waals surface area (Å²) in [7, 11) is 0. The van der Waals surface area contributed by atoms with Crippen molar-refractivity contribution in [2.45, 2.75) is 38.4 Å². The average molecular weight is 416 g/mol. The highest BCUT2D eigenvalue weighted by Crippen LogP contribution is 2.19. The van der Waals surface area contributed by atoms with E-state index in [1.165, 1.54) is 16.6 Å². The number of rotatable bonds is 9. The minimum absolute atomic E-state index is 0.0353. The van der Waals surface area contributed by atoms with Gasteiger partial charge in [0.15, 0.2) is 5.16 Å². The number of carbonyl (C=O) groups excluding carboxylic acids is 1. The summed E-state index contributed by atoms with van der Waals surface area (Å²) in [4.78, 5) is 31.1. The van der Waals surface area contributed by atoms with Crippen LogP contribution in [0.15, 0.2) is 51.7 Å². The van der Waals surface area contributed by atoms with E-state index in [0.29, 0.717) is 35.1 Å². The molecular weight excluding hydrogens is 390 g/mol. The van der Waals surface area contributed by atoms with E-state index in [-0.39, 0.29) is 17.2 Å². The molecule has 0 unspecified atom stereocenters. The Kier molecular flexibility index (Phi) is 7.28. The zero-order chi connectivity index (χ0) is 19.9. The van der Waals surface area contributed by atoms with E-state index in [4.69, 9.17) is 0 Å². The molecule has 0 saturated heterocycles. The van der Waals surface area contributed by atoms with Gasteiger partial charge in [0.25, 0.3) is 5.56 Å². The summed E-state index contributed by atoms with van der Waals surface area (Å²) in [6.45, 7) is 5.49. The number of benzene rings is 1. The lowest BCUT2D eigenvalue weighted by Crippen LogP contribution is -2.28. The third-order valence-corrected chi connectivity index (χ3v) is 6.28. The lowest BCUT2D eigenvalue weighted by Gasteiger charge is -2.14. The quantitative estimate of drug-likeness (QED) is 0.424. The molecule has 2 heterocycles. The van der Waals surface area contributed by atoms with Crippen molar-refractivity contribution >= 4 is 39.9 Å². The van der Waals surface area contributed by atoms with Crippen molar-refractivity contribution in [3.8, 4) is 0 Å². The number of aromatic nitrogens is 2. The summed E-state index contributed by atoms with van der Waals surface area (Å²) in [5.74, 6) is 0.688. The largest absolute Gasteiger partial charge is 0.355 e. The van der Waals surface area contributed by atoms with Gasteiger partial charge in [-0.15, -0.1) is 11.3 Å². The summed E-state index contributed by atoms with van der Waals surface area (Å²) in [6.07, 6.45) is 1.72. The van der Waals surface area contributed by atoms with E-state index >= 15 is 0 Å².